The Balaban J connectivity index is 1.97. The monoisotopic (exact) mass is 295 g/mol. The van der Waals surface area contributed by atoms with Crippen molar-refractivity contribution in [1.82, 2.24) is 4.90 Å². The van der Waals surface area contributed by atoms with Gasteiger partial charge in [-0.2, -0.15) is 0 Å². The highest BCUT2D eigenvalue weighted by molar-refractivity contribution is 7.10. The average Bonchev–Trinajstić information content (AvgIpc) is 2.92. The molecule has 0 spiro atoms. The molecule has 110 valence electrons. The minimum Gasteiger partial charge on any atom is -0.466 e. The van der Waals surface area contributed by atoms with Gasteiger partial charge in [-0.25, -0.2) is 0 Å². The molecule has 0 bridgehead atoms. The van der Waals surface area contributed by atoms with Gasteiger partial charge in [0.05, 0.1) is 18.9 Å². The molecule has 2 atom stereocenters. The van der Waals surface area contributed by atoms with Crippen LogP contribution < -0.4 is 0 Å². The molecule has 1 fully saturated rings. The van der Waals surface area contributed by atoms with Crippen LogP contribution in [0.1, 0.15) is 31.6 Å². The molecule has 2 rings (SSSR count). The number of hydrogen-bond acceptors (Lipinski definition) is 4. The fraction of sp³-hybridized carbons (Fsp3) is 0.600. The van der Waals surface area contributed by atoms with Crippen molar-refractivity contribution in [3.8, 4) is 0 Å². The first-order valence-corrected chi connectivity index (χ1v) is 7.98. The van der Waals surface area contributed by atoms with Crippen molar-refractivity contribution in [2.24, 2.45) is 5.92 Å². The third-order valence-corrected chi connectivity index (χ3v) is 4.60. The highest BCUT2D eigenvalue weighted by atomic mass is 32.1. The lowest BCUT2D eigenvalue weighted by atomic mass is 9.93. The summed E-state index contributed by atoms with van der Waals surface area (Å²) in [4.78, 5) is 27.1. The summed E-state index contributed by atoms with van der Waals surface area (Å²) in [6.07, 6.45) is 2.10. The summed E-state index contributed by atoms with van der Waals surface area (Å²) in [7, 11) is 0. The van der Waals surface area contributed by atoms with E-state index in [1.807, 2.05) is 36.3 Å². The summed E-state index contributed by atoms with van der Waals surface area (Å²) >= 11 is 1.59. The lowest BCUT2D eigenvalue weighted by Crippen LogP contribution is -2.48. The van der Waals surface area contributed by atoms with Gasteiger partial charge in [-0.3, -0.25) is 9.59 Å². The molecular weight excluding hydrogens is 274 g/mol. The normalized spacial score (nSPS) is 22.6. The summed E-state index contributed by atoms with van der Waals surface area (Å²) in [5, 5.41) is 1.98. The first-order chi connectivity index (χ1) is 9.61. The maximum Gasteiger partial charge on any atom is 0.310 e. The van der Waals surface area contributed by atoms with E-state index in [2.05, 4.69) is 0 Å². The second-order valence-electron chi connectivity index (χ2n) is 5.18. The fourth-order valence-corrected chi connectivity index (χ4v) is 3.27. The highest BCUT2D eigenvalue weighted by Crippen LogP contribution is 2.24. The molecule has 2 heterocycles. The molecule has 0 aromatic carbocycles. The Morgan fingerprint density at radius 1 is 1.45 bits per heavy atom. The molecule has 5 heteroatoms. The number of amides is 1. The van der Waals surface area contributed by atoms with Crippen LogP contribution in [0.3, 0.4) is 0 Å². The highest BCUT2D eigenvalue weighted by Gasteiger charge is 2.33. The van der Waals surface area contributed by atoms with E-state index in [0.717, 1.165) is 17.7 Å². The Morgan fingerprint density at radius 2 is 2.25 bits per heavy atom. The largest absolute Gasteiger partial charge is 0.466 e. The zero-order chi connectivity index (χ0) is 14.5. The maximum atomic E-state index is 12.4. The van der Waals surface area contributed by atoms with Gasteiger partial charge in [-0.05, 0) is 38.1 Å². The van der Waals surface area contributed by atoms with Crippen LogP contribution in [0.25, 0.3) is 0 Å². The Hall–Kier alpha value is -1.36. The maximum absolute atomic E-state index is 12.4. The smallest absolute Gasteiger partial charge is 0.310 e. The van der Waals surface area contributed by atoms with E-state index in [1.54, 1.807) is 11.3 Å². The minimum absolute atomic E-state index is 0.106. The van der Waals surface area contributed by atoms with Crippen molar-refractivity contribution in [2.75, 3.05) is 13.2 Å². The molecule has 4 nitrogen and oxygen atoms in total. The lowest BCUT2D eigenvalue weighted by molar-refractivity contribution is -0.152. The molecule has 0 N–H and O–H groups in total. The number of nitrogens with zero attached hydrogens (tertiary/aromatic N) is 1. The van der Waals surface area contributed by atoms with E-state index >= 15 is 0 Å². The summed E-state index contributed by atoms with van der Waals surface area (Å²) in [6.45, 7) is 4.75. The van der Waals surface area contributed by atoms with Crippen molar-refractivity contribution in [3.05, 3.63) is 22.4 Å². The number of carbonyl (C=O) groups is 2. The Bertz CT molecular complexity index is 458. The second kappa shape index (κ2) is 6.88. The average molecular weight is 295 g/mol. The van der Waals surface area contributed by atoms with Gasteiger partial charge in [-0.15, -0.1) is 11.3 Å². The molecule has 1 aromatic rings. The first-order valence-electron chi connectivity index (χ1n) is 7.10. The van der Waals surface area contributed by atoms with E-state index in [-0.39, 0.29) is 23.8 Å². The van der Waals surface area contributed by atoms with Gasteiger partial charge in [0.1, 0.15) is 0 Å². The van der Waals surface area contributed by atoms with Gasteiger partial charge in [0.2, 0.25) is 5.91 Å². The van der Waals surface area contributed by atoms with Crippen LogP contribution in [0.5, 0.6) is 0 Å². The zero-order valence-corrected chi connectivity index (χ0v) is 12.8. The number of ether oxygens (including phenoxy) is 1. The molecular formula is C15H21NO3S. The zero-order valence-electron chi connectivity index (χ0n) is 12.0. The van der Waals surface area contributed by atoms with Gasteiger partial charge in [0.25, 0.3) is 0 Å². The summed E-state index contributed by atoms with van der Waals surface area (Å²) in [5.74, 6) is -0.235. The molecule has 20 heavy (non-hydrogen) atoms. The van der Waals surface area contributed by atoms with Crippen molar-refractivity contribution >= 4 is 23.2 Å². The van der Waals surface area contributed by atoms with Gasteiger partial charge in [-0.1, -0.05) is 6.07 Å². The standard InChI is InChI=1S/C15H21NO3S/c1-3-19-15(18)12-7-6-11(2)16(10-12)14(17)9-13-5-4-8-20-13/h4-5,8,11-12H,3,6-7,9-10H2,1-2H3. The van der Waals surface area contributed by atoms with Crippen molar-refractivity contribution in [2.45, 2.75) is 39.2 Å². The topological polar surface area (TPSA) is 46.6 Å². The fourth-order valence-electron chi connectivity index (χ4n) is 2.57. The number of rotatable bonds is 4. The van der Waals surface area contributed by atoms with E-state index in [9.17, 15) is 9.59 Å². The molecule has 0 aliphatic carbocycles. The van der Waals surface area contributed by atoms with E-state index in [4.69, 9.17) is 4.74 Å². The molecule has 2 unspecified atom stereocenters. The molecule has 1 aromatic heterocycles. The number of piperidine rings is 1. The van der Waals surface area contributed by atoms with Crippen LogP contribution in [0.2, 0.25) is 0 Å². The van der Waals surface area contributed by atoms with Gasteiger partial charge < -0.3 is 9.64 Å². The molecule has 1 aliphatic rings. The number of esters is 1. The quantitative estimate of drug-likeness (QED) is 0.802. The van der Waals surface area contributed by atoms with Crippen molar-refractivity contribution in [3.63, 3.8) is 0 Å². The third kappa shape index (κ3) is 3.60. The number of thiophene rings is 1. The summed E-state index contributed by atoms with van der Waals surface area (Å²) < 4.78 is 5.08. The molecule has 0 saturated carbocycles. The van der Waals surface area contributed by atoms with Crippen LogP contribution in [0.4, 0.5) is 0 Å². The Morgan fingerprint density at radius 3 is 2.90 bits per heavy atom. The Kier molecular flexibility index (Phi) is 5.17. The molecule has 0 radical (unpaired) electrons. The van der Waals surface area contributed by atoms with Crippen LogP contribution in [-0.2, 0) is 20.7 Å². The number of carbonyl (C=O) groups excluding carboxylic acids is 2. The molecule has 1 amide bonds. The predicted molar refractivity (Wildman–Crippen MR) is 78.6 cm³/mol. The van der Waals surface area contributed by atoms with Crippen LogP contribution in [0.15, 0.2) is 17.5 Å². The molecule has 1 saturated heterocycles. The minimum atomic E-state index is -0.173. The SMILES string of the molecule is CCOC(=O)C1CCC(C)N(C(=O)Cc2cccs2)C1. The third-order valence-electron chi connectivity index (χ3n) is 3.73. The van der Waals surface area contributed by atoms with Gasteiger partial charge in [0.15, 0.2) is 0 Å². The second-order valence-corrected chi connectivity index (χ2v) is 6.21. The lowest BCUT2D eigenvalue weighted by Gasteiger charge is -2.37. The first kappa shape index (κ1) is 15.0. The van der Waals surface area contributed by atoms with E-state index in [0.29, 0.717) is 19.6 Å². The summed E-state index contributed by atoms with van der Waals surface area (Å²) in [6, 6.07) is 4.13. The van der Waals surface area contributed by atoms with E-state index < -0.39 is 0 Å². The van der Waals surface area contributed by atoms with Gasteiger partial charge >= 0.3 is 5.97 Å². The van der Waals surface area contributed by atoms with E-state index in [1.165, 1.54) is 0 Å². The van der Waals surface area contributed by atoms with Crippen LogP contribution in [-0.4, -0.2) is 36.0 Å². The Labute approximate surface area is 123 Å². The summed E-state index contributed by atoms with van der Waals surface area (Å²) in [5.41, 5.74) is 0. The number of hydrogen-bond donors (Lipinski definition) is 0. The van der Waals surface area contributed by atoms with Crippen LogP contribution in [0, 0.1) is 5.92 Å². The van der Waals surface area contributed by atoms with Gasteiger partial charge in [0, 0.05) is 17.5 Å². The predicted octanol–water partition coefficient (Wildman–Crippen LogP) is 2.48. The van der Waals surface area contributed by atoms with Crippen molar-refractivity contribution < 1.29 is 14.3 Å². The van der Waals surface area contributed by atoms with Crippen molar-refractivity contribution in [1.29, 1.82) is 0 Å². The molecule has 1 aliphatic heterocycles. The number of likely N-dealkylation sites (tertiary alicyclic amines) is 1. The van der Waals surface area contributed by atoms with Crippen LogP contribution >= 0.6 is 11.3 Å².